The predicted molar refractivity (Wildman–Crippen MR) is 136 cm³/mol. The summed E-state index contributed by atoms with van der Waals surface area (Å²) < 4.78 is 7.85. The normalized spacial score (nSPS) is 14.7. The zero-order valence-electron chi connectivity index (χ0n) is 19.8. The molecule has 4 aromatic rings. The number of urea groups is 1. The zero-order chi connectivity index (χ0) is 23.7. The second kappa shape index (κ2) is 9.10. The number of carbonyl (C=O) groups is 1. The van der Waals surface area contributed by atoms with E-state index >= 15 is 0 Å². The molecule has 0 fully saturated rings. The molecule has 0 unspecified atom stereocenters. The monoisotopic (exact) mass is 451 g/mol. The van der Waals surface area contributed by atoms with Crippen LogP contribution in [0.3, 0.4) is 0 Å². The number of rotatable bonds is 4. The van der Waals surface area contributed by atoms with Gasteiger partial charge >= 0.3 is 6.03 Å². The maximum atomic E-state index is 13.9. The van der Waals surface area contributed by atoms with Gasteiger partial charge in [0.1, 0.15) is 5.75 Å². The lowest BCUT2D eigenvalue weighted by Crippen LogP contribution is -2.38. The lowest BCUT2D eigenvalue weighted by Gasteiger charge is -2.31. The van der Waals surface area contributed by atoms with Crippen molar-refractivity contribution in [3.63, 3.8) is 0 Å². The summed E-state index contributed by atoms with van der Waals surface area (Å²) in [6.07, 6.45) is 2.07. The molecule has 0 radical (unpaired) electrons. The minimum absolute atomic E-state index is 0.128. The lowest BCUT2D eigenvalue weighted by molar-refractivity contribution is 0.194. The first-order valence-electron chi connectivity index (χ1n) is 11.7. The lowest BCUT2D eigenvalue weighted by atomic mass is 10.0. The summed E-state index contributed by atoms with van der Waals surface area (Å²) in [6.45, 7) is 7.13. The third-order valence-corrected chi connectivity index (χ3v) is 6.37. The van der Waals surface area contributed by atoms with Crippen LogP contribution in [0.1, 0.15) is 40.9 Å². The first-order valence-corrected chi connectivity index (χ1v) is 11.7. The Kier molecular flexibility index (Phi) is 5.84. The summed E-state index contributed by atoms with van der Waals surface area (Å²) in [7, 11) is 0. The Hall–Kier alpha value is -3.99. The molecule has 3 aromatic carbocycles. The summed E-state index contributed by atoms with van der Waals surface area (Å²) in [5.41, 5.74) is 7.26. The molecule has 1 N–H and O–H groups in total. The van der Waals surface area contributed by atoms with E-state index in [0.29, 0.717) is 13.2 Å². The van der Waals surface area contributed by atoms with Crippen LogP contribution < -0.4 is 10.1 Å². The van der Waals surface area contributed by atoms with Crippen molar-refractivity contribution >= 4 is 11.7 Å². The summed E-state index contributed by atoms with van der Waals surface area (Å²) in [4.78, 5) is 15.8. The smallest absolute Gasteiger partial charge is 0.322 e. The van der Waals surface area contributed by atoms with Crippen LogP contribution in [0.2, 0.25) is 0 Å². The van der Waals surface area contributed by atoms with E-state index in [-0.39, 0.29) is 12.1 Å². The molecule has 5 heteroatoms. The Labute approximate surface area is 200 Å². The molecular weight excluding hydrogens is 422 g/mol. The molecule has 34 heavy (non-hydrogen) atoms. The molecule has 1 aliphatic rings. The van der Waals surface area contributed by atoms with E-state index in [0.717, 1.165) is 45.1 Å². The number of aryl methyl sites for hydroxylation is 2. The molecule has 0 spiro atoms. The fraction of sp³-hybridized carbons (Fsp3) is 0.207. The molecule has 172 valence electrons. The van der Waals surface area contributed by atoms with E-state index < -0.39 is 0 Å². The quantitative estimate of drug-likeness (QED) is 0.378. The molecule has 1 atom stereocenters. The number of carbonyl (C=O) groups excluding carboxylic acids is 1. The highest BCUT2D eigenvalue weighted by Gasteiger charge is 2.33. The Morgan fingerprint density at radius 3 is 2.59 bits per heavy atom. The molecular formula is C29H29N3O2. The van der Waals surface area contributed by atoms with Crippen LogP contribution in [-0.4, -0.2) is 22.1 Å². The second-order valence-corrected chi connectivity index (χ2v) is 8.71. The Morgan fingerprint density at radius 2 is 1.79 bits per heavy atom. The van der Waals surface area contributed by atoms with Crippen molar-refractivity contribution in [3.05, 3.63) is 113 Å². The zero-order valence-corrected chi connectivity index (χ0v) is 19.8. The second-order valence-electron chi connectivity index (χ2n) is 8.71. The summed E-state index contributed by atoms with van der Waals surface area (Å²) in [5, 5.41) is 3.19. The van der Waals surface area contributed by atoms with Gasteiger partial charge in [0.25, 0.3) is 0 Å². The van der Waals surface area contributed by atoms with Gasteiger partial charge in [0.15, 0.2) is 0 Å². The molecule has 0 saturated carbocycles. The molecule has 0 bridgehead atoms. The number of nitrogens with one attached hydrogen (secondary N) is 1. The standard InChI is InChI=1S/C29H29N3O2/c1-4-34-24-15-13-22(14-16-24)28-27-10-7-17-31(27)26-9-6-5-8-23(26)19-32(28)29(33)30-25-18-20(2)11-12-21(25)3/h5-18,28H,4,19H2,1-3H3,(H,30,33)/t28-/m0/s1. The Bertz CT molecular complexity index is 1320. The molecule has 1 aromatic heterocycles. The number of para-hydroxylation sites is 1. The largest absolute Gasteiger partial charge is 0.494 e. The van der Waals surface area contributed by atoms with Crippen LogP contribution in [0.25, 0.3) is 5.69 Å². The average Bonchev–Trinajstić information content (AvgIpc) is 3.26. The van der Waals surface area contributed by atoms with Gasteiger partial charge in [0, 0.05) is 17.6 Å². The summed E-state index contributed by atoms with van der Waals surface area (Å²) >= 11 is 0. The Balaban J connectivity index is 1.61. The number of hydrogen-bond donors (Lipinski definition) is 1. The third kappa shape index (κ3) is 4.05. The number of nitrogens with zero attached hydrogens (tertiary/aromatic N) is 2. The van der Waals surface area contributed by atoms with E-state index in [1.54, 1.807) is 0 Å². The fourth-order valence-electron chi connectivity index (χ4n) is 4.66. The van der Waals surface area contributed by atoms with Crippen molar-refractivity contribution in [3.8, 4) is 11.4 Å². The van der Waals surface area contributed by atoms with Crippen LogP contribution in [-0.2, 0) is 6.54 Å². The van der Waals surface area contributed by atoms with E-state index in [1.165, 1.54) is 0 Å². The van der Waals surface area contributed by atoms with Crippen molar-refractivity contribution in [1.29, 1.82) is 0 Å². The van der Waals surface area contributed by atoms with E-state index in [9.17, 15) is 4.79 Å². The number of anilines is 1. The Morgan fingerprint density at radius 1 is 1.00 bits per heavy atom. The highest BCUT2D eigenvalue weighted by Crippen LogP contribution is 2.37. The van der Waals surface area contributed by atoms with Crippen molar-refractivity contribution in [2.24, 2.45) is 0 Å². The van der Waals surface area contributed by atoms with Gasteiger partial charge in [0.2, 0.25) is 0 Å². The van der Waals surface area contributed by atoms with Crippen molar-refractivity contribution in [1.82, 2.24) is 9.47 Å². The van der Waals surface area contributed by atoms with Gasteiger partial charge in [-0.2, -0.15) is 0 Å². The van der Waals surface area contributed by atoms with E-state index in [4.69, 9.17) is 4.74 Å². The van der Waals surface area contributed by atoms with Crippen LogP contribution in [0.4, 0.5) is 10.5 Å². The number of amides is 2. The van der Waals surface area contributed by atoms with Gasteiger partial charge in [-0.3, -0.25) is 0 Å². The number of hydrogen-bond acceptors (Lipinski definition) is 2. The minimum Gasteiger partial charge on any atom is -0.494 e. The predicted octanol–water partition coefficient (Wildman–Crippen LogP) is 6.63. The van der Waals surface area contributed by atoms with Crippen LogP contribution in [0.15, 0.2) is 85.1 Å². The number of aromatic nitrogens is 1. The molecule has 2 amide bonds. The van der Waals surface area contributed by atoms with Gasteiger partial charge in [0.05, 0.1) is 24.9 Å². The molecule has 5 rings (SSSR count). The molecule has 0 saturated heterocycles. The van der Waals surface area contributed by atoms with Gasteiger partial charge in [-0.15, -0.1) is 0 Å². The molecule has 0 aliphatic carbocycles. The SMILES string of the molecule is CCOc1ccc([C@H]2c3cccn3-c3ccccc3CN2C(=O)Nc2cc(C)ccc2C)cc1. The highest BCUT2D eigenvalue weighted by atomic mass is 16.5. The topological polar surface area (TPSA) is 46.5 Å². The van der Waals surface area contributed by atoms with Gasteiger partial charge in [-0.1, -0.05) is 42.5 Å². The highest BCUT2D eigenvalue weighted by molar-refractivity contribution is 5.91. The van der Waals surface area contributed by atoms with Gasteiger partial charge in [-0.05, 0) is 79.4 Å². The number of ether oxygens (including phenoxy) is 1. The summed E-state index contributed by atoms with van der Waals surface area (Å²) in [6, 6.07) is 26.2. The number of benzene rings is 3. The van der Waals surface area contributed by atoms with E-state index in [2.05, 4.69) is 52.5 Å². The first kappa shape index (κ1) is 21.8. The van der Waals surface area contributed by atoms with Crippen LogP contribution in [0.5, 0.6) is 5.75 Å². The van der Waals surface area contributed by atoms with Crippen LogP contribution in [0, 0.1) is 13.8 Å². The minimum atomic E-state index is -0.261. The maximum Gasteiger partial charge on any atom is 0.322 e. The fourth-order valence-corrected chi connectivity index (χ4v) is 4.66. The summed E-state index contributed by atoms with van der Waals surface area (Å²) in [5.74, 6) is 0.824. The average molecular weight is 452 g/mol. The van der Waals surface area contributed by atoms with Gasteiger partial charge < -0.3 is 19.5 Å². The molecule has 2 heterocycles. The van der Waals surface area contributed by atoms with Crippen molar-refractivity contribution in [2.75, 3.05) is 11.9 Å². The van der Waals surface area contributed by atoms with E-state index in [1.807, 2.05) is 68.1 Å². The third-order valence-electron chi connectivity index (χ3n) is 6.37. The van der Waals surface area contributed by atoms with Gasteiger partial charge in [-0.25, -0.2) is 4.79 Å². The van der Waals surface area contributed by atoms with Crippen molar-refractivity contribution in [2.45, 2.75) is 33.4 Å². The number of fused-ring (bicyclic) bond motifs is 3. The van der Waals surface area contributed by atoms with Crippen molar-refractivity contribution < 1.29 is 9.53 Å². The molecule has 1 aliphatic heterocycles. The maximum absolute atomic E-state index is 13.9. The van der Waals surface area contributed by atoms with Crippen LogP contribution >= 0.6 is 0 Å². The first-order chi connectivity index (χ1) is 16.5. The molecule has 5 nitrogen and oxygen atoms in total.